The summed E-state index contributed by atoms with van der Waals surface area (Å²) in [5.41, 5.74) is 5.69. The molecular weight excluding hydrogens is 555 g/mol. The number of nitrogens with one attached hydrogen (secondary N) is 1. The number of halogens is 1. The first kappa shape index (κ1) is 29.7. The van der Waals surface area contributed by atoms with Gasteiger partial charge in [0, 0.05) is 30.3 Å². The summed E-state index contributed by atoms with van der Waals surface area (Å²) in [4.78, 5) is 28.1. The molecule has 0 unspecified atom stereocenters. The fraction of sp³-hybridized carbons (Fsp3) is 0.481. The number of rotatable bonds is 7. The molecule has 0 spiro atoms. The van der Waals surface area contributed by atoms with E-state index in [-0.39, 0.29) is 29.0 Å². The van der Waals surface area contributed by atoms with Gasteiger partial charge in [-0.2, -0.15) is 0 Å². The first-order valence-corrected chi connectivity index (χ1v) is 15.6. The maximum absolute atomic E-state index is 15.8. The van der Waals surface area contributed by atoms with Crippen LogP contribution in [0.3, 0.4) is 0 Å². The molecule has 2 aromatic heterocycles. The van der Waals surface area contributed by atoms with Crippen molar-refractivity contribution >= 4 is 39.1 Å². The third-order valence-corrected chi connectivity index (χ3v) is 9.42. The molecule has 3 aromatic rings. The molecule has 216 valence electrons. The SMILES string of the molecule is CCCS(=O)(=O)Nc1cccc(-c2nc(C3(C)CCN(C(=O)OC(C)(C)C)CC3)sc2-c2ccnc(N)n2)c1F. The predicted octanol–water partition coefficient (Wildman–Crippen LogP) is 5.43. The molecule has 0 radical (unpaired) electrons. The second-order valence-electron chi connectivity index (χ2n) is 11.1. The quantitative estimate of drug-likeness (QED) is 0.371. The molecule has 40 heavy (non-hydrogen) atoms. The lowest BCUT2D eigenvalue weighted by molar-refractivity contribution is 0.0171. The average Bonchev–Trinajstić information content (AvgIpc) is 3.31. The number of anilines is 2. The van der Waals surface area contributed by atoms with E-state index in [1.54, 1.807) is 30.0 Å². The Balaban J connectivity index is 1.73. The number of carbonyl (C=O) groups excluding carboxylic acids is 1. The molecular formula is C27H35FN6O4S2. The lowest BCUT2D eigenvalue weighted by atomic mass is 9.81. The maximum Gasteiger partial charge on any atom is 0.410 e. The normalized spacial score (nSPS) is 15.6. The van der Waals surface area contributed by atoms with E-state index >= 15 is 4.39 Å². The molecule has 1 aliphatic heterocycles. The van der Waals surface area contributed by atoms with Crippen LogP contribution in [0, 0.1) is 5.82 Å². The summed E-state index contributed by atoms with van der Waals surface area (Å²) in [5, 5.41) is 0.759. The van der Waals surface area contributed by atoms with Crippen molar-refractivity contribution in [3.63, 3.8) is 0 Å². The van der Waals surface area contributed by atoms with E-state index in [1.165, 1.54) is 23.6 Å². The Morgan fingerprint density at radius 2 is 1.93 bits per heavy atom. The number of amides is 1. The van der Waals surface area contributed by atoms with Crippen LogP contribution in [0.4, 0.5) is 20.8 Å². The maximum atomic E-state index is 15.8. The van der Waals surface area contributed by atoms with Gasteiger partial charge in [-0.3, -0.25) is 4.72 Å². The number of carbonyl (C=O) groups is 1. The van der Waals surface area contributed by atoms with E-state index in [4.69, 9.17) is 15.5 Å². The molecule has 3 N–H and O–H groups in total. The summed E-state index contributed by atoms with van der Waals surface area (Å²) in [6.45, 7) is 10.3. The van der Waals surface area contributed by atoms with Gasteiger partial charge in [0.05, 0.1) is 32.7 Å². The van der Waals surface area contributed by atoms with Crippen molar-refractivity contribution in [3.05, 3.63) is 41.3 Å². The van der Waals surface area contributed by atoms with Crippen molar-refractivity contribution in [1.82, 2.24) is 19.9 Å². The topological polar surface area (TPSA) is 140 Å². The number of ether oxygens (including phenoxy) is 1. The molecule has 0 atom stereocenters. The second kappa shape index (κ2) is 11.3. The van der Waals surface area contributed by atoms with Crippen LogP contribution >= 0.6 is 11.3 Å². The summed E-state index contributed by atoms with van der Waals surface area (Å²) in [6, 6.07) is 6.21. The van der Waals surface area contributed by atoms with Crippen molar-refractivity contribution in [1.29, 1.82) is 0 Å². The summed E-state index contributed by atoms with van der Waals surface area (Å²) in [5.74, 6) is -0.786. The Hall–Kier alpha value is -3.32. The third-order valence-electron chi connectivity index (χ3n) is 6.56. The third kappa shape index (κ3) is 6.69. The Morgan fingerprint density at radius 3 is 2.55 bits per heavy atom. The van der Waals surface area contributed by atoms with Gasteiger partial charge in [-0.25, -0.2) is 32.6 Å². The molecule has 0 aliphatic carbocycles. The van der Waals surface area contributed by atoms with E-state index in [0.717, 1.165) is 5.01 Å². The molecule has 10 nitrogen and oxygen atoms in total. The number of thiazole rings is 1. The van der Waals surface area contributed by atoms with E-state index in [0.29, 0.717) is 48.6 Å². The Kier molecular flexibility index (Phi) is 8.36. The van der Waals surface area contributed by atoms with E-state index < -0.39 is 26.9 Å². The Bertz CT molecular complexity index is 1490. The van der Waals surface area contributed by atoms with Crippen LogP contribution in [-0.4, -0.2) is 58.8 Å². The minimum Gasteiger partial charge on any atom is -0.444 e. The van der Waals surface area contributed by atoms with Gasteiger partial charge in [-0.15, -0.1) is 11.3 Å². The van der Waals surface area contributed by atoms with Gasteiger partial charge >= 0.3 is 6.09 Å². The number of piperidine rings is 1. The molecule has 1 saturated heterocycles. The standard InChI is InChI=1S/C27H35FN6O4S2/c1-6-16-40(36,37)33-18-9-7-8-17(20(18)28)21-22(19-10-13-30-24(29)31-19)39-23(32-21)27(5)11-14-34(15-12-27)25(35)38-26(2,3)4/h7-10,13,33H,6,11-12,14-16H2,1-5H3,(H2,29,30,31). The lowest BCUT2D eigenvalue weighted by Crippen LogP contribution is -2.45. The van der Waals surface area contributed by atoms with Gasteiger partial charge in [-0.05, 0) is 58.2 Å². The number of nitrogens with two attached hydrogens (primary N) is 1. The van der Waals surface area contributed by atoms with Gasteiger partial charge in [0.1, 0.15) is 5.60 Å². The highest BCUT2D eigenvalue weighted by Gasteiger charge is 2.38. The molecule has 1 aromatic carbocycles. The number of hydrogen-bond donors (Lipinski definition) is 2. The number of nitrogen functional groups attached to an aromatic ring is 1. The van der Waals surface area contributed by atoms with Gasteiger partial charge in [0.2, 0.25) is 16.0 Å². The fourth-order valence-corrected chi connectivity index (χ4v) is 6.82. The van der Waals surface area contributed by atoms with Crippen molar-refractivity contribution in [2.75, 3.05) is 29.3 Å². The molecule has 0 bridgehead atoms. The van der Waals surface area contributed by atoms with Crippen molar-refractivity contribution < 1.29 is 22.3 Å². The lowest BCUT2D eigenvalue weighted by Gasteiger charge is -2.38. The van der Waals surface area contributed by atoms with E-state index in [9.17, 15) is 13.2 Å². The second-order valence-corrected chi connectivity index (χ2v) is 14.0. The smallest absolute Gasteiger partial charge is 0.410 e. The summed E-state index contributed by atoms with van der Waals surface area (Å²) >= 11 is 1.38. The van der Waals surface area contributed by atoms with E-state index in [2.05, 4.69) is 21.6 Å². The van der Waals surface area contributed by atoms with Crippen molar-refractivity contribution in [2.24, 2.45) is 0 Å². The monoisotopic (exact) mass is 590 g/mol. The molecule has 4 rings (SSSR count). The van der Waals surface area contributed by atoms with Crippen molar-refractivity contribution in [3.8, 4) is 21.8 Å². The highest BCUT2D eigenvalue weighted by molar-refractivity contribution is 7.92. The molecule has 1 fully saturated rings. The van der Waals surface area contributed by atoms with Crippen molar-refractivity contribution in [2.45, 2.75) is 64.9 Å². The number of benzene rings is 1. The molecule has 3 heterocycles. The summed E-state index contributed by atoms with van der Waals surface area (Å²) in [6.07, 6.45) is 2.83. The van der Waals surface area contributed by atoms with Crippen LogP contribution in [-0.2, 0) is 20.2 Å². The van der Waals surface area contributed by atoms with Crippen LogP contribution in [0.1, 0.15) is 58.9 Å². The fourth-order valence-electron chi connectivity index (χ4n) is 4.44. The Labute approximate surface area is 238 Å². The summed E-state index contributed by atoms with van der Waals surface area (Å²) < 4.78 is 48.5. The van der Waals surface area contributed by atoms with Crippen LogP contribution in [0.5, 0.6) is 0 Å². The first-order chi connectivity index (χ1) is 18.7. The molecule has 1 amide bonds. The number of hydrogen-bond acceptors (Lipinski definition) is 9. The number of nitrogens with zero attached hydrogens (tertiary/aromatic N) is 4. The zero-order valence-electron chi connectivity index (χ0n) is 23.3. The molecule has 1 aliphatic rings. The van der Waals surface area contributed by atoms with Gasteiger partial charge in [0.25, 0.3) is 0 Å². The number of sulfonamides is 1. The van der Waals surface area contributed by atoms with Gasteiger partial charge in [-0.1, -0.05) is 19.9 Å². The average molecular weight is 591 g/mol. The van der Waals surface area contributed by atoms with Crippen LogP contribution in [0.15, 0.2) is 30.5 Å². The molecule has 0 saturated carbocycles. The largest absolute Gasteiger partial charge is 0.444 e. The predicted molar refractivity (Wildman–Crippen MR) is 155 cm³/mol. The Morgan fingerprint density at radius 1 is 1.23 bits per heavy atom. The molecule has 13 heteroatoms. The van der Waals surface area contributed by atoms with Gasteiger partial charge < -0.3 is 15.4 Å². The van der Waals surface area contributed by atoms with Crippen LogP contribution < -0.4 is 10.5 Å². The highest BCUT2D eigenvalue weighted by Crippen LogP contribution is 2.45. The summed E-state index contributed by atoms with van der Waals surface area (Å²) in [7, 11) is -3.71. The van der Waals surface area contributed by atoms with E-state index in [1.807, 2.05) is 20.8 Å². The van der Waals surface area contributed by atoms with Crippen LogP contribution in [0.25, 0.3) is 21.8 Å². The van der Waals surface area contributed by atoms with Gasteiger partial charge in [0.15, 0.2) is 5.82 Å². The number of likely N-dealkylation sites (tertiary alicyclic amines) is 1. The highest BCUT2D eigenvalue weighted by atomic mass is 32.2. The minimum absolute atomic E-state index is 0.0665. The zero-order valence-corrected chi connectivity index (χ0v) is 25.0. The minimum atomic E-state index is -3.71. The zero-order chi connectivity index (χ0) is 29.3. The number of aromatic nitrogens is 3. The first-order valence-electron chi connectivity index (χ1n) is 13.1. The van der Waals surface area contributed by atoms with Crippen LogP contribution in [0.2, 0.25) is 0 Å².